The summed E-state index contributed by atoms with van der Waals surface area (Å²) in [5, 5.41) is 15.4. The fraction of sp³-hybridized carbons (Fsp3) is 0.583. The second-order valence-corrected chi connectivity index (χ2v) is 14.2. The van der Waals surface area contributed by atoms with Crippen LogP contribution in [0.15, 0.2) is 66.7 Å². The lowest BCUT2D eigenvalue weighted by Crippen LogP contribution is -2.58. The highest BCUT2D eigenvalue weighted by molar-refractivity contribution is 5.83. The molecule has 2 N–H and O–H groups in total. The van der Waals surface area contributed by atoms with E-state index in [2.05, 4.69) is 99.1 Å². The van der Waals surface area contributed by atoms with E-state index in [4.69, 9.17) is 4.84 Å². The molecule has 6 heteroatoms. The van der Waals surface area contributed by atoms with Crippen molar-refractivity contribution in [1.82, 2.24) is 15.3 Å². The van der Waals surface area contributed by atoms with Crippen LogP contribution >= 0.6 is 0 Å². The van der Waals surface area contributed by atoms with Gasteiger partial charge in [0, 0.05) is 31.6 Å². The third-order valence-corrected chi connectivity index (χ3v) is 10.1. The van der Waals surface area contributed by atoms with Gasteiger partial charge in [-0.15, -0.1) is 0 Å². The van der Waals surface area contributed by atoms with Gasteiger partial charge in [0.1, 0.15) is 12.1 Å². The van der Waals surface area contributed by atoms with Gasteiger partial charge >= 0.3 is 0 Å². The molecule has 0 unspecified atom stereocenters. The highest BCUT2D eigenvalue weighted by Gasteiger charge is 2.54. The van der Waals surface area contributed by atoms with Crippen LogP contribution in [0.25, 0.3) is 0 Å². The molecule has 2 aromatic carbocycles. The summed E-state index contributed by atoms with van der Waals surface area (Å²) in [6.45, 7) is 18.5. The smallest absolute Gasteiger partial charge is 0.240 e. The fourth-order valence-electron chi connectivity index (χ4n) is 7.77. The fourth-order valence-corrected chi connectivity index (χ4v) is 7.77. The van der Waals surface area contributed by atoms with Crippen molar-refractivity contribution in [1.29, 1.82) is 0 Å². The van der Waals surface area contributed by atoms with Gasteiger partial charge in [-0.3, -0.25) is 14.5 Å². The second-order valence-electron chi connectivity index (χ2n) is 14.2. The summed E-state index contributed by atoms with van der Waals surface area (Å²) in [7, 11) is 0. The van der Waals surface area contributed by atoms with Crippen LogP contribution in [-0.4, -0.2) is 52.3 Å². The molecule has 1 amide bonds. The molecular formula is C36H51N3O3. The molecule has 6 atom stereocenters. The van der Waals surface area contributed by atoms with E-state index in [1.165, 1.54) is 17.5 Å². The number of aliphatic hydroxyl groups excluding tert-OH is 1. The lowest BCUT2D eigenvalue weighted by Gasteiger charge is -2.59. The molecule has 4 fully saturated rings. The van der Waals surface area contributed by atoms with E-state index in [9.17, 15) is 9.90 Å². The van der Waals surface area contributed by atoms with Crippen LogP contribution in [0.3, 0.4) is 0 Å². The summed E-state index contributed by atoms with van der Waals surface area (Å²) < 4.78 is 0. The Hall–Kier alpha value is -2.51. The number of carbonyl (C=O) groups is 1. The number of benzene rings is 2. The zero-order valence-electron chi connectivity index (χ0n) is 26.3. The van der Waals surface area contributed by atoms with Crippen molar-refractivity contribution in [2.75, 3.05) is 13.2 Å². The normalized spacial score (nSPS) is 28.6. The molecule has 4 aliphatic rings. The lowest BCUT2D eigenvalue weighted by molar-refractivity contribution is -0.182. The number of nitrogens with zero attached hydrogens (tertiary/aromatic N) is 2. The van der Waals surface area contributed by atoms with Gasteiger partial charge in [0.25, 0.3) is 0 Å². The van der Waals surface area contributed by atoms with Crippen molar-refractivity contribution < 1.29 is 14.7 Å². The first-order valence-electron chi connectivity index (χ1n) is 15.9. The molecule has 1 heterocycles. The molecule has 3 saturated carbocycles. The zero-order valence-corrected chi connectivity index (χ0v) is 26.3. The molecule has 0 spiro atoms. The standard InChI is InChI=1S/C36H51N3O3/c1-24(2)19-38(20-26-11-8-7-9-12-26)21-27-13-10-14-28(15-27)22-39-34(33(25(3)4)32(23-40)42-39)35(41)37-31-17-29-16-30(18-31)36(29,5)6/h7-15,24,29-34,40H,3,16-23H2,1-2,4-6H3,(H,37,41)/t29-,30+,31+,32-,33+,34-/m0/s1. The van der Waals surface area contributed by atoms with Crippen LogP contribution in [0.1, 0.15) is 70.6 Å². The molecule has 1 aliphatic heterocycles. The number of hydrogen-bond acceptors (Lipinski definition) is 5. The van der Waals surface area contributed by atoms with Crippen LogP contribution in [0.4, 0.5) is 0 Å². The molecule has 2 bridgehead atoms. The predicted octanol–water partition coefficient (Wildman–Crippen LogP) is 5.95. The van der Waals surface area contributed by atoms with Gasteiger partial charge < -0.3 is 10.4 Å². The van der Waals surface area contributed by atoms with Crippen molar-refractivity contribution in [3.05, 3.63) is 83.4 Å². The Bertz CT molecular complexity index is 1210. The maximum absolute atomic E-state index is 13.9. The SMILES string of the molecule is C=C(C)[C@@H]1[C@H](CO)ON(Cc2cccc(CN(Cc3ccccc3)CC(C)C)c2)[C@@H]1C(=O)N[C@@H]1C[C@@H]2C[C@H](C1)C2(C)C. The van der Waals surface area contributed by atoms with Gasteiger partial charge in [0.15, 0.2) is 0 Å². The van der Waals surface area contributed by atoms with Gasteiger partial charge in [0.2, 0.25) is 5.91 Å². The maximum atomic E-state index is 13.9. The highest BCUT2D eigenvalue weighted by Crippen LogP contribution is 2.59. The van der Waals surface area contributed by atoms with E-state index in [0.717, 1.165) is 43.6 Å². The first-order chi connectivity index (χ1) is 20.0. The Morgan fingerprint density at radius 1 is 1.05 bits per heavy atom. The lowest BCUT2D eigenvalue weighted by atomic mass is 9.48. The third-order valence-electron chi connectivity index (χ3n) is 10.1. The number of amides is 1. The van der Waals surface area contributed by atoms with Gasteiger partial charge in [0.05, 0.1) is 13.2 Å². The van der Waals surface area contributed by atoms with Crippen LogP contribution < -0.4 is 5.32 Å². The monoisotopic (exact) mass is 573 g/mol. The molecule has 1 saturated heterocycles. The van der Waals surface area contributed by atoms with Gasteiger partial charge in [-0.25, -0.2) is 0 Å². The van der Waals surface area contributed by atoms with Crippen molar-refractivity contribution in [2.24, 2.45) is 29.1 Å². The number of carbonyl (C=O) groups excluding carboxylic acids is 1. The molecule has 228 valence electrons. The first-order valence-corrected chi connectivity index (χ1v) is 15.9. The van der Waals surface area contributed by atoms with Crippen LogP contribution in [-0.2, 0) is 29.3 Å². The van der Waals surface area contributed by atoms with Crippen molar-refractivity contribution in [3.63, 3.8) is 0 Å². The van der Waals surface area contributed by atoms with Gasteiger partial charge in [-0.1, -0.05) is 94.4 Å². The predicted molar refractivity (Wildman–Crippen MR) is 168 cm³/mol. The number of fused-ring (bicyclic) bond motifs is 2. The van der Waals surface area contributed by atoms with Crippen LogP contribution in [0.2, 0.25) is 0 Å². The topological polar surface area (TPSA) is 65.0 Å². The van der Waals surface area contributed by atoms with Gasteiger partial charge in [-0.05, 0) is 66.0 Å². The number of hydrogen-bond donors (Lipinski definition) is 2. The summed E-state index contributed by atoms with van der Waals surface area (Å²) in [5.41, 5.74) is 4.90. The minimum absolute atomic E-state index is 0.00909. The molecule has 2 aromatic rings. The average molecular weight is 574 g/mol. The maximum Gasteiger partial charge on any atom is 0.240 e. The van der Waals surface area contributed by atoms with Crippen molar-refractivity contribution >= 4 is 5.91 Å². The molecular weight excluding hydrogens is 522 g/mol. The van der Waals surface area contributed by atoms with Crippen molar-refractivity contribution in [2.45, 2.75) is 91.7 Å². The summed E-state index contributed by atoms with van der Waals surface area (Å²) in [5.74, 6) is 1.65. The highest BCUT2D eigenvalue weighted by atomic mass is 16.7. The second kappa shape index (κ2) is 13.0. The van der Waals surface area contributed by atoms with E-state index in [1.807, 2.05) is 6.92 Å². The quantitative estimate of drug-likeness (QED) is 0.307. The Morgan fingerprint density at radius 2 is 1.69 bits per heavy atom. The number of aliphatic hydroxyl groups is 1. The summed E-state index contributed by atoms with van der Waals surface area (Å²) in [4.78, 5) is 22.7. The minimum Gasteiger partial charge on any atom is -0.394 e. The van der Waals surface area contributed by atoms with E-state index in [1.54, 1.807) is 5.06 Å². The Balaban J connectivity index is 1.30. The Morgan fingerprint density at radius 3 is 2.31 bits per heavy atom. The molecule has 6 rings (SSSR count). The molecule has 42 heavy (non-hydrogen) atoms. The van der Waals surface area contributed by atoms with E-state index in [0.29, 0.717) is 29.7 Å². The summed E-state index contributed by atoms with van der Waals surface area (Å²) in [6.07, 6.45) is 2.89. The first kappa shape index (κ1) is 30.9. The third kappa shape index (κ3) is 6.83. The van der Waals surface area contributed by atoms with E-state index < -0.39 is 12.1 Å². The van der Waals surface area contributed by atoms with Crippen molar-refractivity contribution in [3.8, 4) is 0 Å². The van der Waals surface area contributed by atoms with Crippen LogP contribution in [0.5, 0.6) is 0 Å². The molecule has 3 aliphatic carbocycles. The molecule has 0 aromatic heterocycles. The average Bonchev–Trinajstić information content (AvgIpc) is 3.32. The Kier molecular flexibility index (Phi) is 9.58. The van der Waals surface area contributed by atoms with E-state index >= 15 is 0 Å². The molecule has 6 nitrogen and oxygen atoms in total. The molecule has 0 radical (unpaired) electrons. The summed E-state index contributed by atoms with van der Waals surface area (Å²) >= 11 is 0. The number of hydroxylamine groups is 2. The Labute approximate surface area is 253 Å². The van der Waals surface area contributed by atoms with E-state index in [-0.39, 0.29) is 24.5 Å². The number of nitrogens with one attached hydrogen (secondary N) is 1. The summed E-state index contributed by atoms with van der Waals surface area (Å²) in [6, 6.07) is 18.9. The van der Waals surface area contributed by atoms with Gasteiger partial charge in [-0.2, -0.15) is 5.06 Å². The number of rotatable bonds is 12. The minimum atomic E-state index is -0.523. The van der Waals surface area contributed by atoms with Crippen LogP contribution in [0, 0.1) is 29.1 Å². The zero-order chi connectivity index (χ0) is 30.0. The largest absolute Gasteiger partial charge is 0.394 e.